The number of fused-ring (bicyclic) bond motifs is 1. The van der Waals surface area contributed by atoms with E-state index < -0.39 is 0 Å². The van der Waals surface area contributed by atoms with E-state index in [-0.39, 0.29) is 18.5 Å². The average Bonchev–Trinajstić information content (AvgIpc) is 2.83. The van der Waals surface area contributed by atoms with Crippen molar-refractivity contribution in [1.29, 1.82) is 0 Å². The quantitative estimate of drug-likeness (QED) is 0.820. The highest BCUT2D eigenvalue weighted by molar-refractivity contribution is 6.01. The van der Waals surface area contributed by atoms with Gasteiger partial charge in [-0.05, 0) is 12.0 Å². The Kier molecular flexibility index (Phi) is 4.06. The predicted octanol–water partition coefficient (Wildman–Crippen LogP) is 0.510. The molecular formula is C15H21N5O2. The smallest absolute Gasteiger partial charge is 0.324 e. The van der Waals surface area contributed by atoms with Gasteiger partial charge in [-0.2, -0.15) is 0 Å². The Labute approximate surface area is 129 Å². The highest BCUT2D eigenvalue weighted by Gasteiger charge is 2.29. The summed E-state index contributed by atoms with van der Waals surface area (Å²) in [4.78, 5) is 35.7. The molecule has 0 radical (unpaired) electrons. The Morgan fingerprint density at radius 1 is 1.32 bits per heavy atom. The van der Waals surface area contributed by atoms with Crippen LogP contribution in [0.25, 0.3) is 0 Å². The lowest BCUT2D eigenvalue weighted by atomic mass is 10.1. The van der Waals surface area contributed by atoms with Gasteiger partial charge in [-0.3, -0.25) is 14.6 Å². The van der Waals surface area contributed by atoms with E-state index in [0.29, 0.717) is 19.0 Å². The molecule has 0 aliphatic carbocycles. The van der Waals surface area contributed by atoms with Crippen LogP contribution in [0.2, 0.25) is 0 Å². The first kappa shape index (κ1) is 14.9. The molecule has 0 unspecified atom stereocenters. The van der Waals surface area contributed by atoms with Gasteiger partial charge in [0.05, 0.1) is 12.2 Å². The van der Waals surface area contributed by atoms with Gasteiger partial charge in [0, 0.05) is 38.3 Å². The minimum atomic E-state index is -0.285. The molecule has 3 amide bonds. The van der Waals surface area contributed by atoms with Crippen LogP contribution in [-0.4, -0.2) is 57.9 Å². The molecule has 1 saturated heterocycles. The Bertz CT molecular complexity index is 586. The first-order valence-electron chi connectivity index (χ1n) is 7.70. The fraction of sp³-hybridized carbons (Fsp3) is 0.600. The Hall–Kier alpha value is -2.02. The number of rotatable bonds is 4. The summed E-state index contributed by atoms with van der Waals surface area (Å²) in [6, 6.07) is -0.285. The Morgan fingerprint density at radius 2 is 2.14 bits per heavy atom. The summed E-state index contributed by atoms with van der Waals surface area (Å²) >= 11 is 0. The van der Waals surface area contributed by atoms with E-state index in [4.69, 9.17) is 0 Å². The van der Waals surface area contributed by atoms with Gasteiger partial charge in [-0.25, -0.2) is 14.8 Å². The molecule has 2 aliphatic rings. The number of amides is 3. The molecule has 0 aromatic carbocycles. The fourth-order valence-electron chi connectivity index (χ4n) is 2.76. The van der Waals surface area contributed by atoms with Crippen molar-refractivity contribution in [3.05, 3.63) is 23.3 Å². The summed E-state index contributed by atoms with van der Waals surface area (Å²) in [6.45, 7) is 7.05. The second-order valence-electron chi connectivity index (χ2n) is 6.09. The summed E-state index contributed by atoms with van der Waals surface area (Å²) in [5.41, 5.74) is 2.28. The minimum Gasteiger partial charge on any atom is -0.329 e. The second kappa shape index (κ2) is 6.00. The maximum atomic E-state index is 11.6. The first-order chi connectivity index (χ1) is 10.5. The lowest BCUT2D eigenvalue weighted by Crippen LogP contribution is -2.41. The number of nitrogens with zero attached hydrogens (tertiary/aromatic N) is 4. The minimum absolute atomic E-state index is 0.118. The summed E-state index contributed by atoms with van der Waals surface area (Å²) in [6.07, 6.45) is 2.85. The lowest BCUT2D eigenvalue weighted by Gasteiger charge is -2.29. The van der Waals surface area contributed by atoms with E-state index in [1.54, 1.807) is 0 Å². The Morgan fingerprint density at radius 3 is 2.82 bits per heavy atom. The zero-order valence-electron chi connectivity index (χ0n) is 13.0. The molecule has 7 heteroatoms. The number of hydrogen-bond donors (Lipinski definition) is 1. The number of carbonyl (C=O) groups is 2. The van der Waals surface area contributed by atoms with Crippen molar-refractivity contribution in [1.82, 2.24) is 25.1 Å². The Balaban J connectivity index is 1.62. The van der Waals surface area contributed by atoms with Crippen LogP contribution >= 0.6 is 0 Å². The van der Waals surface area contributed by atoms with Gasteiger partial charge >= 0.3 is 6.03 Å². The largest absolute Gasteiger partial charge is 0.329 e. The molecule has 118 valence electrons. The topological polar surface area (TPSA) is 78.4 Å². The van der Waals surface area contributed by atoms with Crippen molar-refractivity contribution in [2.45, 2.75) is 32.7 Å². The van der Waals surface area contributed by atoms with E-state index in [9.17, 15) is 9.59 Å². The standard InChI is InChI=1S/C15H21N5O2/c1-10(2)14-16-7-11-3-4-19(9-12(11)18-14)5-6-20-13(21)8-17-15(20)22/h7,10H,3-6,8-9H2,1-2H3,(H,17,22). The first-order valence-corrected chi connectivity index (χ1v) is 7.70. The molecule has 0 bridgehead atoms. The number of nitrogens with one attached hydrogen (secondary N) is 1. The van der Waals surface area contributed by atoms with Gasteiger partial charge in [-0.15, -0.1) is 0 Å². The van der Waals surface area contributed by atoms with Crippen molar-refractivity contribution in [2.24, 2.45) is 0 Å². The van der Waals surface area contributed by atoms with E-state index >= 15 is 0 Å². The molecule has 3 rings (SSSR count). The van der Waals surface area contributed by atoms with Gasteiger partial charge in [-0.1, -0.05) is 13.8 Å². The number of imide groups is 1. The normalized spacial score (nSPS) is 18.8. The average molecular weight is 303 g/mol. The third-order valence-electron chi connectivity index (χ3n) is 4.14. The van der Waals surface area contributed by atoms with Crippen molar-refractivity contribution in [3.63, 3.8) is 0 Å². The number of urea groups is 1. The zero-order valence-corrected chi connectivity index (χ0v) is 13.0. The number of hydrogen-bond acceptors (Lipinski definition) is 5. The molecule has 0 spiro atoms. The third-order valence-corrected chi connectivity index (χ3v) is 4.14. The molecule has 3 heterocycles. The van der Waals surface area contributed by atoms with Crippen molar-refractivity contribution in [3.8, 4) is 0 Å². The monoisotopic (exact) mass is 303 g/mol. The van der Waals surface area contributed by atoms with E-state index in [1.807, 2.05) is 6.20 Å². The van der Waals surface area contributed by atoms with Crippen LogP contribution in [-0.2, 0) is 17.8 Å². The van der Waals surface area contributed by atoms with E-state index in [1.165, 1.54) is 10.5 Å². The van der Waals surface area contributed by atoms with E-state index in [2.05, 4.69) is 34.0 Å². The van der Waals surface area contributed by atoms with Gasteiger partial charge < -0.3 is 5.32 Å². The van der Waals surface area contributed by atoms with Crippen molar-refractivity contribution >= 4 is 11.9 Å². The van der Waals surface area contributed by atoms with Gasteiger partial charge in [0.15, 0.2) is 0 Å². The molecular weight excluding hydrogens is 282 g/mol. The van der Waals surface area contributed by atoms with Crippen LogP contribution in [0.3, 0.4) is 0 Å². The van der Waals surface area contributed by atoms with Gasteiger partial charge in [0.1, 0.15) is 5.82 Å². The van der Waals surface area contributed by atoms with Crippen LogP contribution in [0.4, 0.5) is 4.79 Å². The maximum Gasteiger partial charge on any atom is 0.324 e. The van der Waals surface area contributed by atoms with Crippen LogP contribution in [0, 0.1) is 0 Å². The molecule has 1 N–H and O–H groups in total. The van der Waals surface area contributed by atoms with Gasteiger partial charge in [0.2, 0.25) is 5.91 Å². The molecule has 0 saturated carbocycles. The molecule has 7 nitrogen and oxygen atoms in total. The summed E-state index contributed by atoms with van der Waals surface area (Å²) in [5, 5.41) is 2.54. The lowest BCUT2D eigenvalue weighted by molar-refractivity contribution is -0.125. The summed E-state index contributed by atoms with van der Waals surface area (Å²) < 4.78 is 0. The molecule has 2 aliphatic heterocycles. The van der Waals surface area contributed by atoms with Crippen LogP contribution in [0.5, 0.6) is 0 Å². The van der Waals surface area contributed by atoms with Crippen molar-refractivity contribution in [2.75, 3.05) is 26.2 Å². The number of aromatic nitrogens is 2. The SMILES string of the molecule is CC(C)c1ncc2c(n1)CN(CCN1C(=O)CNC1=O)CC2. The maximum absolute atomic E-state index is 11.6. The predicted molar refractivity (Wildman–Crippen MR) is 80.2 cm³/mol. The fourth-order valence-corrected chi connectivity index (χ4v) is 2.76. The summed E-state index contributed by atoms with van der Waals surface area (Å²) in [7, 11) is 0. The summed E-state index contributed by atoms with van der Waals surface area (Å²) in [5.74, 6) is 1.04. The van der Waals surface area contributed by atoms with Crippen LogP contribution in [0.15, 0.2) is 6.20 Å². The van der Waals surface area contributed by atoms with Gasteiger partial charge in [0.25, 0.3) is 0 Å². The zero-order chi connectivity index (χ0) is 15.7. The van der Waals surface area contributed by atoms with E-state index in [0.717, 1.165) is 31.0 Å². The number of carbonyl (C=O) groups excluding carboxylic acids is 2. The molecule has 0 atom stereocenters. The third kappa shape index (κ3) is 2.94. The molecule has 22 heavy (non-hydrogen) atoms. The second-order valence-corrected chi connectivity index (χ2v) is 6.09. The van der Waals surface area contributed by atoms with Crippen LogP contribution in [0.1, 0.15) is 36.8 Å². The van der Waals surface area contributed by atoms with Crippen molar-refractivity contribution < 1.29 is 9.59 Å². The highest BCUT2D eigenvalue weighted by Crippen LogP contribution is 2.18. The molecule has 1 aromatic rings. The molecule has 1 fully saturated rings. The van der Waals surface area contributed by atoms with Crippen LogP contribution < -0.4 is 5.32 Å². The highest BCUT2D eigenvalue weighted by atomic mass is 16.2. The molecule has 1 aromatic heterocycles.